The van der Waals surface area contributed by atoms with Gasteiger partial charge in [-0.1, -0.05) is 40.0 Å². The maximum absolute atomic E-state index is 11.8. The smallest absolute Gasteiger partial charge is 0.243 e. The van der Waals surface area contributed by atoms with Gasteiger partial charge in [0.05, 0.1) is 6.54 Å². The van der Waals surface area contributed by atoms with Crippen molar-refractivity contribution in [2.45, 2.75) is 52.5 Å². The molecule has 17 heavy (non-hydrogen) atoms. The number of rotatable bonds is 6. The molecule has 1 aliphatic heterocycles. The van der Waals surface area contributed by atoms with E-state index in [1.54, 1.807) is 4.90 Å². The number of carbonyl (C=O) groups excluding carboxylic acids is 2. The van der Waals surface area contributed by atoms with Crippen LogP contribution < -0.4 is 5.32 Å². The van der Waals surface area contributed by atoms with E-state index in [9.17, 15) is 9.59 Å². The molecule has 1 aliphatic rings. The molecule has 1 unspecified atom stereocenters. The normalized spacial score (nSPS) is 20.9. The summed E-state index contributed by atoms with van der Waals surface area (Å²) in [4.78, 5) is 25.4. The summed E-state index contributed by atoms with van der Waals surface area (Å²) in [6, 6.07) is -0.280. The lowest BCUT2D eigenvalue weighted by Gasteiger charge is -2.37. The Balaban J connectivity index is 2.56. The van der Waals surface area contributed by atoms with Gasteiger partial charge >= 0.3 is 0 Å². The Morgan fingerprint density at radius 3 is 2.59 bits per heavy atom. The van der Waals surface area contributed by atoms with Crippen molar-refractivity contribution in [3.8, 4) is 0 Å². The van der Waals surface area contributed by atoms with Crippen LogP contribution in [0.5, 0.6) is 0 Å². The van der Waals surface area contributed by atoms with Crippen LogP contribution >= 0.6 is 0 Å². The first-order valence-electron chi connectivity index (χ1n) is 6.65. The highest BCUT2D eigenvalue weighted by molar-refractivity contribution is 5.94. The zero-order valence-corrected chi connectivity index (χ0v) is 11.2. The first-order chi connectivity index (χ1) is 8.07. The minimum Gasteiger partial charge on any atom is -0.345 e. The molecule has 1 rings (SSSR count). The van der Waals surface area contributed by atoms with Gasteiger partial charge in [-0.2, -0.15) is 0 Å². The molecule has 0 aromatic heterocycles. The van der Waals surface area contributed by atoms with Crippen LogP contribution in [0.1, 0.15) is 46.5 Å². The van der Waals surface area contributed by atoms with Crippen LogP contribution in [0.15, 0.2) is 0 Å². The molecule has 4 nitrogen and oxygen atoms in total. The summed E-state index contributed by atoms with van der Waals surface area (Å²) >= 11 is 0. The number of nitrogens with one attached hydrogen (secondary N) is 1. The molecule has 2 amide bonds. The highest BCUT2D eigenvalue weighted by Gasteiger charge is 2.35. The van der Waals surface area contributed by atoms with Crippen LogP contribution in [0.4, 0.5) is 0 Å². The molecule has 0 aromatic rings. The van der Waals surface area contributed by atoms with Gasteiger partial charge in [0.1, 0.15) is 6.04 Å². The Kier molecular flexibility index (Phi) is 5.45. The molecule has 0 aliphatic carbocycles. The van der Waals surface area contributed by atoms with Crippen LogP contribution in [0.2, 0.25) is 0 Å². The maximum Gasteiger partial charge on any atom is 0.243 e. The molecule has 1 N–H and O–H groups in total. The van der Waals surface area contributed by atoms with Gasteiger partial charge in [-0.15, -0.1) is 0 Å². The molecule has 0 spiro atoms. The molecule has 1 atom stereocenters. The monoisotopic (exact) mass is 240 g/mol. The maximum atomic E-state index is 11.8. The van der Waals surface area contributed by atoms with E-state index in [2.05, 4.69) is 12.2 Å². The number of carbonyl (C=O) groups is 2. The third kappa shape index (κ3) is 3.72. The number of hydrogen-bond acceptors (Lipinski definition) is 2. The second-order valence-electron chi connectivity index (χ2n) is 5.05. The van der Waals surface area contributed by atoms with Crippen LogP contribution in [-0.4, -0.2) is 35.8 Å². The largest absolute Gasteiger partial charge is 0.345 e. The molecule has 1 saturated heterocycles. The number of amides is 2. The van der Waals surface area contributed by atoms with E-state index in [1.807, 2.05) is 13.8 Å². The van der Waals surface area contributed by atoms with Gasteiger partial charge in [-0.05, 0) is 12.3 Å². The molecule has 1 heterocycles. The Morgan fingerprint density at radius 1 is 1.29 bits per heavy atom. The third-order valence-corrected chi connectivity index (χ3v) is 3.22. The molecule has 0 saturated carbocycles. The lowest BCUT2D eigenvalue weighted by molar-refractivity contribution is -0.147. The zero-order valence-electron chi connectivity index (χ0n) is 11.2. The van der Waals surface area contributed by atoms with Gasteiger partial charge in [-0.25, -0.2) is 0 Å². The molecule has 98 valence electrons. The Labute approximate surface area is 104 Å². The predicted octanol–water partition coefficient (Wildman–Crippen LogP) is 1.55. The van der Waals surface area contributed by atoms with Crippen molar-refractivity contribution in [3.05, 3.63) is 0 Å². The van der Waals surface area contributed by atoms with Crippen LogP contribution in [0.3, 0.4) is 0 Å². The topological polar surface area (TPSA) is 49.4 Å². The van der Waals surface area contributed by atoms with Crippen LogP contribution in [0.25, 0.3) is 0 Å². The average Bonchev–Trinajstić information content (AvgIpc) is 2.28. The SMILES string of the molecule is CCCCCCN1C(=O)CNC(=O)C1C(C)C. The standard InChI is InChI=1S/C13H24N2O2/c1-4-5-6-7-8-15-11(16)9-14-13(17)12(15)10(2)3/h10,12H,4-9H2,1-3H3,(H,14,17). The zero-order chi connectivity index (χ0) is 12.8. The number of hydrogen-bond donors (Lipinski definition) is 1. The van der Waals surface area contributed by atoms with Crippen LogP contribution in [-0.2, 0) is 9.59 Å². The minimum absolute atomic E-state index is 0.00454. The van der Waals surface area contributed by atoms with E-state index in [-0.39, 0.29) is 30.3 Å². The number of piperazine rings is 1. The lowest BCUT2D eigenvalue weighted by Crippen LogP contribution is -2.60. The van der Waals surface area contributed by atoms with Crippen molar-refractivity contribution >= 4 is 11.8 Å². The van der Waals surface area contributed by atoms with Crippen molar-refractivity contribution in [1.29, 1.82) is 0 Å². The first kappa shape index (κ1) is 14.0. The molecule has 0 radical (unpaired) electrons. The fourth-order valence-corrected chi connectivity index (χ4v) is 2.30. The third-order valence-electron chi connectivity index (χ3n) is 3.22. The Hall–Kier alpha value is -1.06. The van der Waals surface area contributed by atoms with E-state index < -0.39 is 0 Å². The van der Waals surface area contributed by atoms with Crippen LogP contribution in [0, 0.1) is 5.92 Å². The number of nitrogens with zero attached hydrogens (tertiary/aromatic N) is 1. The summed E-state index contributed by atoms with van der Waals surface area (Å²) in [6.07, 6.45) is 4.51. The van der Waals surface area contributed by atoms with Crippen molar-refractivity contribution in [2.75, 3.05) is 13.1 Å². The molecular formula is C13H24N2O2. The van der Waals surface area contributed by atoms with Gasteiger partial charge < -0.3 is 10.2 Å². The molecule has 0 aromatic carbocycles. The Bertz CT molecular complexity index is 277. The summed E-state index contributed by atoms with van der Waals surface area (Å²) < 4.78 is 0. The average molecular weight is 240 g/mol. The molecule has 0 bridgehead atoms. The predicted molar refractivity (Wildman–Crippen MR) is 67.5 cm³/mol. The van der Waals surface area contributed by atoms with Gasteiger partial charge in [0.2, 0.25) is 11.8 Å². The summed E-state index contributed by atoms with van der Waals surface area (Å²) in [5, 5.41) is 2.66. The van der Waals surface area contributed by atoms with E-state index in [0.717, 1.165) is 19.4 Å². The minimum atomic E-state index is -0.280. The van der Waals surface area contributed by atoms with E-state index in [0.29, 0.717) is 0 Å². The highest BCUT2D eigenvalue weighted by Crippen LogP contribution is 2.16. The van der Waals surface area contributed by atoms with Crippen molar-refractivity contribution in [2.24, 2.45) is 5.92 Å². The van der Waals surface area contributed by atoms with Gasteiger partial charge in [0.25, 0.3) is 0 Å². The van der Waals surface area contributed by atoms with E-state index >= 15 is 0 Å². The molecular weight excluding hydrogens is 216 g/mol. The summed E-state index contributed by atoms with van der Waals surface area (Å²) in [7, 11) is 0. The van der Waals surface area contributed by atoms with Gasteiger partial charge in [-0.3, -0.25) is 9.59 Å². The second kappa shape index (κ2) is 6.62. The fourth-order valence-electron chi connectivity index (χ4n) is 2.30. The lowest BCUT2D eigenvalue weighted by atomic mass is 9.99. The van der Waals surface area contributed by atoms with Gasteiger partial charge in [0.15, 0.2) is 0 Å². The quantitative estimate of drug-likeness (QED) is 0.716. The fraction of sp³-hybridized carbons (Fsp3) is 0.846. The van der Waals surface area contributed by atoms with Crippen molar-refractivity contribution < 1.29 is 9.59 Å². The van der Waals surface area contributed by atoms with Crippen molar-refractivity contribution in [1.82, 2.24) is 10.2 Å². The van der Waals surface area contributed by atoms with Crippen molar-refractivity contribution in [3.63, 3.8) is 0 Å². The number of unbranched alkanes of at least 4 members (excludes halogenated alkanes) is 3. The van der Waals surface area contributed by atoms with E-state index in [1.165, 1.54) is 12.8 Å². The summed E-state index contributed by atoms with van der Waals surface area (Å²) in [5.74, 6) is 0.223. The van der Waals surface area contributed by atoms with E-state index in [4.69, 9.17) is 0 Å². The molecule has 1 fully saturated rings. The Morgan fingerprint density at radius 2 is 2.00 bits per heavy atom. The van der Waals surface area contributed by atoms with Gasteiger partial charge in [0, 0.05) is 6.54 Å². The second-order valence-corrected chi connectivity index (χ2v) is 5.05. The molecule has 4 heteroatoms. The summed E-state index contributed by atoms with van der Waals surface area (Å²) in [6.45, 7) is 7.02. The highest BCUT2D eigenvalue weighted by atomic mass is 16.2. The summed E-state index contributed by atoms with van der Waals surface area (Å²) in [5.41, 5.74) is 0. The first-order valence-corrected chi connectivity index (χ1v) is 6.65.